The highest BCUT2D eigenvalue weighted by atomic mass is 35.5. The lowest BCUT2D eigenvalue weighted by Crippen LogP contribution is -2.30. The van der Waals surface area contributed by atoms with Crippen LogP contribution >= 0.6 is 11.6 Å². The van der Waals surface area contributed by atoms with Crippen LogP contribution in [-0.2, 0) is 10.0 Å². The highest BCUT2D eigenvalue weighted by Crippen LogP contribution is 2.23. The van der Waals surface area contributed by atoms with Crippen molar-refractivity contribution in [2.24, 2.45) is 0 Å². The van der Waals surface area contributed by atoms with Gasteiger partial charge in [0, 0.05) is 23.1 Å². The molecule has 172 valence electrons. The number of hydrogen-bond donors (Lipinski definition) is 4. The van der Waals surface area contributed by atoms with Crippen molar-refractivity contribution >= 4 is 50.6 Å². The molecular weight excluding hydrogens is 464 g/mol. The zero-order chi connectivity index (χ0) is 24.0. The third-order valence-electron chi connectivity index (χ3n) is 4.32. The van der Waals surface area contributed by atoms with Gasteiger partial charge in [-0.15, -0.1) is 0 Å². The fraction of sp³-hybridized carbons (Fsp3) is 0.130. The second-order valence-corrected chi connectivity index (χ2v) is 9.52. The molecule has 0 radical (unpaired) electrons. The molecule has 0 atom stereocenters. The number of amides is 3. The van der Waals surface area contributed by atoms with E-state index in [0.29, 0.717) is 17.1 Å². The van der Waals surface area contributed by atoms with Gasteiger partial charge in [0.15, 0.2) is 0 Å². The van der Waals surface area contributed by atoms with Gasteiger partial charge in [0.2, 0.25) is 10.0 Å². The summed E-state index contributed by atoms with van der Waals surface area (Å²) in [6, 6.07) is 18.7. The quantitative estimate of drug-likeness (QED) is 0.379. The van der Waals surface area contributed by atoms with Crippen molar-refractivity contribution < 1.29 is 18.0 Å². The number of hydrogen-bond acceptors (Lipinski definition) is 4. The maximum absolute atomic E-state index is 12.7. The summed E-state index contributed by atoms with van der Waals surface area (Å²) in [5.41, 5.74) is 1.64. The number of anilines is 3. The van der Waals surface area contributed by atoms with Crippen molar-refractivity contribution in [2.45, 2.75) is 24.8 Å². The molecule has 3 amide bonds. The molecule has 8 nitrogen and oxygen atoms in total. The Balaban J connectivity index is 1.67. The zero-order valence-electron chi connectivity index (χ0n) is 17.9. The molecular formula is C23H23ClN4O4S. The summed E-state index contributed by atoms with van der Waals surface area (Å²) in [6.07, 6.45) is 0. The van der Waals surface area contributed by atoms with Crippen molar-refractivity contribution in [3.63, 3.8) is 0 Å². The van der Waals surface area contributed by atoms with Gasteiger partial charge in [0.1, 0.15) is 0 Å². The second kappa shape index (κ2) is 10.5. The van der Waals surface area contributed by atoms with Gasteiger partial charge in [-0.1, -0.05) is 29.8 Å². The van der Waals surface area contributed by atoms with Crippen molar-refractivity contribution in [2.75, 3.05) is 16.0 Å². The number of carbonyl (C=O) groups is 2. The van der Waals surface area contributed by atoms with Crippen molar-refractivity contribution in [3.05, 3.63) is 83.4 Å². The SMILES string of the molecule is CC(C)NS(=O)(=O)c1ccc(Cl)c(C(=O)Nc2ccc(NC(=O)Nc3ccccc3)cc2)c1. The van der Waals surface area contributed by atoms with E-state index >= 15 is 0 Å². The van der Waals surface area contributed by atoms with E-state index in [1.165, 1.54) is 18.2 Å². The van der Waals surface area contributed by atoms with Crippen LogP contribution in [0.5, 0.6) is 0 Å². The molecule has 33 heavy (non-hydrogen) atoms. The first-order chi connectivity index (χ1) is 15.6. The van der Waals surface area contributed by atoms with E-state index in [-0.39, 0.29) is 21.5 Å². The maximum Gasteiger partial charge on any atom is 0.323 e. The van der Waals surface area contributed by atoms with Gasteiger partial charge >= 0.3 is 6.03 Å². The highest BCUT2D eigenvalue weighted by molar-refractivity contribution is 7.89. The van der Waals surface area contributed by atoms with Crippen LogP contribution in [0, 0.1) is 0 Å². The van der Waals surface area contributed by atoms with Gasteiger partial charge in [-0.25, -0.2) is 17.9 Å². The molecule has 3 aromatic carbocycles. The Morgan fingerprint density at radius 2 is 1.33 bits per heavy atom. The van der Waals surface area contributed by atoms with Crippen LogP contribution in [0.3, 0.4) is 0 Å². The zero-order valence-corrected chi connectivity index (χ0v) is 19.5. The minimum Gasteiger partial charge on any atom is -0.322 e. The van der Waals surface area contributed by atoms with Gasteiger partial charge in [0.05, 0.1) is 15.5 Å². The number of benzene rings is 3. The molecule has 0 saturated heterocycles. The van der Waals surface area contributed by atoms with Crippen LogP contribution in [-0.4, -0.2) is 26.4 Å². The summed E-state index contributed by atoms with van der Waals surface area (Å²) in [7, 11) is -3.78. The first kappa shape index (κ1) is 24.2. The molecule has 0 spiro atoms. The Morgan fingerprint density at radius 3 is 1.91 bits per heavy atom. The number of urea groups is 1. The summed E-state index contributed by atoms with van der Waals surface area (Å²) in [5, 5.41) is 8.19. The molecule has 0 unspecified atom stereocenters. The summed E-state index contributed by atoms with van der Waals surface area (Å²) in [6.45, 7) is 3.40. The first-order valence-electron chi connectivity index (χ1n) is 10.0. The highest BCUT2D eigenvalue weighted by Gasteiger charge is 2.19. The Kier molecular flexibility index (Phi) is 7.70. The lowest BCUT2D eigenvalue weighted by Gasteiger charge is -2.12. The standard InChI is InChI=1S/C23H23ClN4O4S/c1-15(2)28-33(31,32)19-12-13-21(24)20(14-19)22(29)25-17-8-10-18(11-9-17)27-23(30)26-16-6-4-3-5-7-16/h3-15,28H,1-2H3,(H,25,29)(H2,26,27,30). The number of sulfonamides is 1. The molecule has 0 aliphatic rings. The molecule has 3 rings (SSSR count). The molecule has 0 aromatic heterocycles. The smallest absolute Gasteiger partial charge is 0.322 e. The molecule has 0 saturated carbocycles. The molecule has 4 N–H and O–H groups in total. The summed E-state index contributed by atoms with van der Waals surface area (Å²) >= 11 is 6.13. The van der Waals surface area contributed by atoms with E-state index in [2.05, 4.69) is 20.7 Å². The lowest BCUT2D eigenvalue weighted by atomic mass is 10.2. The van der Waals surface area contributed by atoms with Crippen LogP contribution in [0.2, 0.25) is 5.02 Å². The van der Waals surface area contributed by atoms with E-state index in [1.807, 2.05) is 18.2 Å². The van der Waals surface area contributed by atoms with Crippen LogP contribution in [0.1, 0.15) is 24.2 Å². The Bertz CT molecular complexity index is 1250. The Labute approximate surface area is 197 Å². The van der Waals surface area contributed by atoms with E-state index in [4.69, 9.17) is 11.6 Å². The van der Waals surface area contributed by atoms with E-state index < -0.39 is 22.0 Å². The van der Waals surface area contributed by atoms with Gasteiger partial charge < -0.3 is 16.0 Å². The number of halogens is 1. The minimum atomic E-state index is -3.78. The minimum absolute atomic E-state index is 0.0211. The Morgan fingerprint density at radius 1 is 0.788 bits per heavy atom. The van der Waals surface area contributed by atoms with Crippen LogP contribution in [0.25, 0.3) is 0 Å². The van der Waals surface area contributed by atoms with Crippen LogP contribution in [0.15, 0.2) is 77.7 Å². The van der Waals surface area contributed by atoms with Gasteiger partial charge in [-0.3, -0.25) is 4.79 Å². The molecule has 10 heteroatoms. The maximum atomic E-state index is 12.7. The predicted octanol–water partition coefficient (Wildman–Crippen LogP) is 4.92. The molecule has 3 aromatic rings. The number of nitrogens with one attached hydrogen (secondary N) is 4. The van der Waals surface area contributed by atoms with E-state index in [1.54, 1.807) is 50.2 Å². The molecule has 0 aliphatic heterocycles. The van der Waals surface area contributed by atoms with Crippen LogP contribution in [0.4, 0.5) is 21.9 Å². The van der Waals surface area contributed by atoms with Gasteiger partial charge in [0.25, 0.3) is 5.91 Å². The average Bonchev–Trinajstić information content (AvgIpc) is 2.75. The third kappa shape index (κ3) is 6.79. The lowest BCUT2D eigenvalue weighted by molar-refractivity contribution is 0.102. The predicted molar refractivity (Wildman–Crippen MR) is 130 cm³/mol. The summed E-state index contributed by atoms with van der Waals surface area (Å²) < 4.78 is 27.3. The van der Waals surface area contributed by atoms with Crippen LogP contribution < -0.4 is 20.7 Å². The molecule has 0 aliphatic carbocycles. The Hall–Kier alpha value is -3.40. The topological polar surface area (TPSA) is 116 Å². The summed E-state index contributed by atoms with van der Waals surface area (Å²) in [5.74, 6) is -0.566. The molecule has 0 heterocycles. The molecule has 0 fully saturated rings. The number of rotatable bonds is 7. The van der Waals surface area contributed by atoms with Crippen molar-refractivity contribution in [3.8, 4) is 0 Å². The van der Waals surface area contributed by atoms with Gasteiger partial charge in [-0.05, 0) is 68.4 Å². The largest absolute Gasteiger partial charge is 0.323 e. The van der Waals surface area contributed by atoms with Crippen molar-refractivity contribution in [1.29, 1.82) is 0 Å². The first-order valence-corrected chi connectivity index (χ1v) is 11.9. The van der Waals surface area contributed by atoms with Crippen molar-refractivity contribution in [1.82, 2.24) is 4.72 Å². The number of carbonyl (C=O) groups excluding carboxylic acids is 2. The third-order valence-corrected chi connectivity index (χ3v) is 6.30. The van der Waals surface area contributed by atoms with Gasteiger partial charge in [-0.2, -0.15) is 0 Å². The second-order valence-electron chi connectivity index (χ2n) is 7.39. The van der Waals surface area contributed by atoms with E-state index in [0.717, 1.165) is 0 Å². The fourth-order valence-corrected chi connectivity index (χ4v) is 4.35. The normalized spacial score (nSPS) is 11.2. The average molecular weight is 487 g/mol. The monoisotopic (exact) mass is 486 g/mol. The fourth-order valence-electron chi connectivity index (χ4n) is 2.87. The summed E-state index contributed by atoms with van der Waals surface area (Å²) in [4.78, 5) is 24.7. The number of para-hydroxylation sites is 1. The molecule has 0 bridgehead atoms. The van der Waals surface area contributed by atoms with E-state index in [9.17, 15) is 18.0 Å².